The van der Waals surface area contributed by atoms with Crippen LogP contribution < -0.4 is 15.0 Å². The number of carbonyl (C=O) groups excluding carboxylic acids is 1. The quantitative estimate of drug-likeness (QED) is 0.766. The van der Waals surface area contributed by atoms with Crippen LogP contribution in [0.4, 0.5) is 14.9 Å². The van der Waals surface area contributed by atoms with Gasteiger partial charge in [0.2, 0.25) is 0 Å². The van der Waals surface area contributed by atoms with Gasteiger partial charge in [0.25, 0.3) is 0 Å². The molecule has 1 aliphatic carbocycles. The van der Waals surface area contributed by atoms with Crippen LogP contribution in [0.1, 0.15) is 50.6 Å². The topological polar surface area (TPSA) is 68.6 Å². The Balaban J connectivity index is 1.55. The predicted octanol–water partition coefficient (Wildman–Crippen LogP) is 4.26. The van der Waals surface area contributed by atoms with Gasteiger partial charge in [0.05, 0.1) is 31.1 Å². The number of nitrogens with zero attached hydrogens (tertiary/aromatic N) is 3. The van der Waals surface area contributed by atoms with E-state index in [1.165, 1.54) is 13.5 Å². The molecule has 3 heterocycles. The van der Waals surface area contributed by atoms with Crippen molar-refractivity contribution in [3.63, 3.8) is 0 Å². The number of methoxy groups -OCH3 is 1. The van der Waals surface area contributed by atoms with E-state index < -0.39 is 6.17 Å². The summed E-state index contributed by atoms with van der Waals surface area (Å²) in [5.41, 5.74) is 3.75. The fourth-order valence-electron chi connectivity index (χ4n) is 4.96. The summed E-state index contributed by atoms with van der Waals surface area (Å²) >= 11 is 0. The lowest BCUT2D eigenvalue weighted by molar-refractivity contribution is 0.119. The van der Waals surface area contributed by atoms with Crippen molar-refractivity contribution in [2.75, 3.05) is 25.1 Å². The largest absolute Gasteiger partial charge is 0.489 e. The van der Waals surface area contributed by atoms with Crippen molar-refractivity contribution in [1.29, 1.82) is 0 Å². The highest BCUT2D eigenvalue weighted by Gasteiger charge is 2.34. The highest BCUT2D eigenvalue weighted by atomic mass is 19.1. The molecule has 172 valence electrons. The Kier molecular flexibility index (Phi) is 5.80. The molecular weight excluding hydrogens is 411 g/mol. The smallest absolute Gasteiger partial charge is 0.414 e. The number of ether oxygens (including phenoxy) is 2. The molecule has 1 N–H and O–H groups in total. The van der Waals surface area contributed by atoms with E-state index in [1.54, 1.807) is 15.8 Å². The van der Waals surface area contributed by atoms with Gasteiger partial charge in [0.1, 0.15) is 11.9 Å². The molecular formula is C24H31FN4O3. The van der Waals surface area contributed by atoms with Crippen LogP contribution in [0, 0.1) is 0 Å². The number of amides is 1. The van der Waals surface area contributed by atoms with E-state index in [2.05, 4.69) is 10.4 Å². The molecule has 8 heteroatoms. The Morgan fingerprint density at radius 2 is 2.09 bits per heavy atom. The highest BCUT2D eigenvalue weighted by molar-refractivity contribution is 5.92. The first-order valence-electron chi connectivity index (χ1n) is 11.7. The summed E-state index contributed by atoms with van der Waals surface area (Å²) in [4.78, 5) is 14.2. The summed E-state index contributed by atoms with van der Waals surface area (Å²) in [6, 6.07) is 3.78. The Labute approximate surface area is 187 Å². The van der Waals surface area contributed by atoms with Crippen LogP contribution in [-0.4, -0.2) is 54.4 Å². The molecule has 1 saturated heterocycles. The first-order valence-corrected chi connectivity index (χ1v) is 11.7. The number of alkyl halides is 1. The van der Waals surface area contributed by atoms with Crippen molar-refractivity contribution in [1.82, 2.24) is 15.1 Å². The van der Waals surface area contributed by atoms with Crippen LogP contribution in [0.25, 0.3) is 11.1 Å². The zero-order valence-electron chi connectivity index (χ0n) is 18.7. The van der Waals surface area contributed by atoms with Gasteiger partial charge in [-0.1, -0.05) is 0 Å². The monoisotopic (exact) mass is 442 g/mol. The number of carbonyl (C=O) groups is 1. The summed E-state index contributed by atoms with van der Waals surface area (Å²) in [6.45, 7) is 3.18. The minimum atomic E-state index is -0.958. The number of piperidine rings is 1. The van der Waals surface area contributed by atoms with Crippen LogP contribution in [-0.2, 0) is 11.2 Å². The van der Waals surface area contributed by atoms with Gasteiger partial charge in [-0.15, -0.1) is 0 Å². The molecule has 1 amide bonds. The van der Waals surface area contributed by atoms with Gasteiger partial charge in [-0.3, -0.25) is 9.58 Å². The number of rotatable bonds is 4. The number of hydrogen-bond acceptors (Lipinski definition) is 5. The average molecular weight is 443 g/mol. The molecule has 2 aromatic rings. The normalized spacial score (nSPS) is 25.7. The van der Waals surface area contributed by atoms with Crippen molar-refractivity contribution < 1.29 is 18.7 Å². The standard InChI is InChI=1S/C24H31FN4O3/c1-15-6-7-19-21(29(15)24(30)31-2)9-8-18(23(19)32-17-4-3-5-17)16-12-27-28(14-16)22-10-11-26-13-20(22)25/h8-9,12,14-15,17,20,22,26H,3-7,10-11,13H2,1-2H3/t15-,20+,22+/m0/s1. The molecule has 3 aliphatic rings. The lowest BCUT2D eigenvalue weighted by Crippen LogP contribution is -2.42. The fraction of sp³-hybridized carbons (Fsp3) is 0.583. The second kappa shape index (κ2) is 8.73. The Bertz CT molecular complexity index is 990. The van der Waals surface area contributed by atoms with E-state index in [4.69, 9.17) is 9.47 Å². The number of halogens is 1. The lowest BCUT2D eigenvalue weighted by Gasteiger charge is -2.37. The number of aromatic nitrogens is 2. The van der Waals surface area contributed by atoms with Crippen molar-refractivity contribution in [2.24, 2.45) is 0 Å². The van der Waals surface area contributed by atoms with Gasteiger partial charge >= 0.3 is 6.09 Å². The molecule has 32 heavy (non-hydrogen) atoms. The molecule has 0 bridgehead atoms. The minimum Gasteiger partial charge on any atom is -0.489 e. The summed E-state index contributed by atoms with van der Waals surface area (Å²) < 4.78 is 27.8. The maximum absolute atomic E-state index is 14.5. The van der Waals surface area contributed by atoms with Gasteiger partial charge in [0.15, 0.2) is 0 Å². The van der Waals surface area contributed by atoms with Gasteiger partial charge in [-0.05, 0) is 64.1 Å². The van der Waals surface area contributed by atoms with Crippen LogP contribution in [0.15, 0.2) is 24.5 Å². The molecule has 5 rings (SSSR count). The Hall–Kier alpha value is -2.61. The van der Waals surface area contributed by atoms with E-state index >= 15 is 0 Å². The summed E-state index contributed by atoms with van der Waals surface area (Å²) in [5.74, 6) is 0.828. The third-order valence-electron chi connectivity index (χ3n) is 7.08. The lowest BCUT2D eigenvalue weighted by atomic mass is 9.91. The fourth-order valence-corrected chi connectivity index (χ4v) is 4.96. The first-order chi connectivity index (χ1) is 15.6. The maximum atomic E-state index is 14.5. The van der Waals surface area contributed by atoms with Crippen molar-refractivity contribution in [2.45, 2.75) is 69.8 Å². The van der Waals surface area contributed by atoms with Gasteiger partial charge < -0.3 is 14.8 Å². The van der Waals surface area contributed by atoms with Gasteiger partial charge in [0, 0.05) is 35.5 Å². The first kappa shape index (κ1) is 21.2. The van der Waals surface area contributed by atoms with Crippen LogP contribution in [0.3, 0.4) is 0 Å². The van der Waals surface area contributed by atoms with Crippen molar-refractivity contribution in [3.05, 3.63) is 30.1 Å². The molecule has 1 saturated carbocycles. The molecule has 0 radical (unpaired) electrons. The van der Waals surface area contributed by atoms with Gasteiger partial charge in [-0.2, -0.15) is 5.10 Å². The second-order valence-corrected chi connectivity index (χ2v) is 9.12. The molecule has 1 aromatic carbocycles. The summed E-state index contributed by atoms with van der Waals surface area (Å²) in [5, 5.41) is 7.60. The third-order valence-corrected chi connectivity index (χ3v) is 7.08. The predicted molar refractivity (Wildman–Crippen MR) is 120 cm³/mol. The van der Waals surface area contributed by atoms with E-state index in [1.807, 2.05) is 25.3 Å². The molecule has 2 aliphatic heterocycles. The van der Waals surface area contributed by atoms with Crippen molar-refractivity contribution in [3.8, 4) is 16.9 Å². The van der Waals surface area contributed by atoms with Gasteiger partial charge in [-0.25, -0.2) is 9.18 Å². The van der Waals surface area contributed by atoms with Crippen LogP contribution >= 0.6 is 0 Å². The second-order valence-electron chi connectivity index (χ2n) is 9.12. The zero-order valence-corrected chi connectivity index (χ0v) is 18.7. The minimum absolute atomic E-state index is 0.0569. The van der Waals surface area contributed by atoms with E-state index in [0.717, 1.165) is 60.4 Å². The van der Waals surface area contributed by atoms with E-state index in [9.17, 15) is 9.18 Å². The average Bonchev–Trinajstić information content (AvgIpc) is 3.25. The van der Waals surface area contributed by atoms with E-state index in [0.29, 0.717) is 13.0 Å². The highest BCUT2D eigenvalue weighted by Crippen LogP contribution is 2.45. The Morgan fingerprint density at radius 1 is 1.25 bits per heavy atom. The van der Waals surface area contributed by atoms with E-state index in [-0.39, 0.29) is 24.3 Å². The van der Waals surface area contributed by atoms with Crippen molar-refractivity contribution >= 4 is 11.8 Å². The third kappa shape index (κ3) is 3.74. The number of benzene rings is 1. The molecule has 3 atom stereocenters. The number of fused-ring (bicyclic) bond motifs is 1. The molecule has 7 nitrogen and oxygen atoms in total. The number of hydrogen-bond donors (Lipinski definition) is 1. The molecule has 0 spiro atoms. The molecule has 2 fully saturated rings. The van der Waals surface area contributed by atoms with Crippen LogP contribution in [0.2, 0.25) is 0 Å². The SMILES string of the molecule is COC(=O)N1c2ccc(-c3cnn([C@@H]4CCNC[C@H]4F)c3)c(OC3CCC3)c2CC[C@@H]1C. The number of nitrogens with one attached hydrogen (secondary N) is 1. The maximum Gasteiger partial charge on any atom is 0.414 e. The Morgan fingerprint density at radius 3 is 2.81 bits per heavy atom. The summed E-state index contributed by atoms with van der Waals surface area (Å²) in [7, 11) is 1.41. The zero-order chi connectivity index (χ0) is 22.2. The molecule has 0 unspecified atom stereocenters. The summed E-state index contributed by atoms with van der Waals surface area (Å²) in [6.07, 6.45) is 8.25. The number of anilines is 1. The molecule has 1 aromatic heterocycles. The van der Waals surface area contributed by atoms with Crippen LogP contribution in [0.5, 0.6) is 5.75 Å².